The SMILES string of the molecule is COc1cc2nc(CC(C)C)n(NC(=O)C3CCCC(OC)C3)c(=O)c2cc1OC. The molecule has 2 unspecified atom stereocenters. The maximum Gasteiger partial charge on any atom is 0.280 e. The molecule has 8 nitrogen and oxygen atoms in total. The number of nitrogens with zero attached hydrogens (tertiary/aromatic N) is 2. The minimum absolute atomic E-state index is 0.0767. The van der Waals surface area contributed by atoms with Crippen molar-refractivity contribution in [2.24, 2.45) is 11.8 Å². The molecule has 3 rings (SSSR count). The summed E-state index contributed by atoms with van der Waals surface area (Å²) in [4.78, 5) is 31.0. The van der Waals surface area contributed by atoms with Gasteiger partial charge in [0.2, 0.25) is 5.91 Å². The van der Waals surface area contributed by atoms with E-state index in [1.54, 1.807) is 19.2 Å². The minimum atomic E-state index is -0.330. The zero-order chi connectivity index (χ0) is 21.8. The lowest BCUT2D eigenvalue weighted by atomic mass is 9.87. The molecule has 1 N–H and O–H groups in total. The maximum atomic E-state index is 13.3. The first-order valence-corrected chi connectivity index (χ1v) is 10.4. The van der Waals surface area contributed by atoms with E-state index in [0.29, 0.717) is 41.1 Å². The Bertz CT molecular complexity index is 969. The molecule has 0 aliphatic heterocycles. The van der Waals surface area contributed by atoms with Crippen LogP contribution in [-0.2, 0) is 16.0 Å². The first-order valence-electron chi connectivity index (χ1n) is 10.4. The number of nitrogens with one attached hydrogen (secondary N) is 1. The number of methoxy groups -OCH3 is 3. The fourth-order valence-corrected chi connectivity index (χ4v) is 3.97. The molecule has 1 aromatic heterocycles. The lowest BCUT2D eigenvalue weighted by Crippen LogP contribution is -2.41. The number of carbonyl (C=O) groups excluding carboxylic acids is 1. The Hall–Kier alpha value is -2.61. The van der Waals surface area contributed by atoms with Crippen molar-refractivity contribution in [2.45, 2.75) is 52.1 Å². The first kappa shape index (κ1) is 22.1. The molecule has 1 saturated carbocycles. The van der Waals surface area contributed by atoms with E-state index in [1.165, 1.54) is 18.9 Å². The Balaban J connectivity index is 2.03. The fourth-order valence-electron chi connectivity index (χ4n) is 3.97. The van der Waals surface area contributed by atoms with E-state index in [9.17, 15) is 9.59 Å². The standard InChI is InChI=1S/C22H31N3O5/c1-13(2)9-20-23-17-12-19(30-5)18(29-4)11-16(17)22(27)25(20)24-21(26)14-7-6-8-15(10-14)28-3/h11-15H,6-10H2,1-5H3,(H,24,26). The Morgan fingerprint density at radius 1 is 1.20 bits per heavy atom. The molecule has 30 heavy (non-hydrogen) atoms. The Morgan fingerprint density at radius 3 is 2.53 bits per heavy atom. The van der Waals surface area contributed by atoms with Gasteiger partial charge in [-0.3, -0.25) is 15.0 Å². The van der Waals surface area contributed by atoms with Crippen molar-refractivity contribution in [3.05, 3.63) is 28.3 Å². The topological polar surface area (TPSA) is 91.7 Å². The number of benzene rings is 1. The molecule has 2 atom stereocenters. The van der Waals surface area contributed by atoms with Gasteiger partial charge in [-0.05, 0) is 31.2 Å². The highest BCUT2D eigenvalue weighted by Crippen LogP contribution is 2.30. The molecular weight excluding hydrogens is 386 g/mol. The lowest BCUT2D eigenvalue weighted by molar-refractivity contribution is -0.123. The average molecular weight is 418 g/mol. The molecule has 1 heterocycles. The lowest BCUT2D eigenvalue weighted by Gasteiger charge is -2.27. The second-order valence-corrected chi connectivity index (χ2v) is 8.19. The number of fused-ring (bicyclic) bond motifs is 1. The van der Waals surface area contributed by atoms with Crippen LogP contribution < -0.4 is 20.5 Å². The van der Waals surface area contributed by atoms with Crippen LogP contribution in [0.1, 0.15) is 45.4 Å². The highest BCUT2D eigenvalue weighted by atomic mass is 16.5. The quantitative estimate of drug-likeness (QED) is 0.745. The molecule has 0 saturated heterocycles. The molecule has 1 amide bonds. The van der Waals surface area contributed by atoms with Crippen molar-refractivity contribution in [3.8, 4) is 11.5 Å². The molecule has 1 aromatic carbocycles. The third-order valence-corrected chi connectivity index (χ3v) is 5.59. The summed E-state index contributed by atoms with van der Waals surface area (Å²) in [5, 5.41) is 0.360. The second-order valence-electron chi connectivity index (χ2n) is 8.19. The van der Waals surface area contributed by atoms with E-state index in [0.717, 1.165) is 19.3 Å². The van der Waals surface area contributed by atoms with Crippen LogP contribution in [0.3, 0.4) is 0 Å². The van der Waals surface area contributed by atoms with Crippen LogP contribution in [0.2, 0.25) is 0 Å². The minimum Gasteiger partial charge on any atom is -0.493 e. The molecule has 0 bridgehead atoms. The number of amides is 1. The van der Waals surface area contributed by atoms with E-state index in [4.69, 9.17) is 14.2 Å². The van der Waals surface area contributed by atoms with E-state index in [2.05, 4.69) is 10.4 Å². The molecule has 2 aromatic rings. The third-order valence-electron chi connectivity index (χ3n) is 5.59. The molecule has 1 aliphatic carbocycles. The smallest absolute Gasteiger partial charge is 0.280 e. The Kier molecular flexibility index (Phi) is 6.97. The molecule has 1 fully saturated rings. The van der Waals surface area contributed by atoms with Gasteiger partial charge in [0.05, 0.1) is 31.2 Å². The van der Waals surface area contributed by atoms with Gasteiger partial charge in [-0.1, -0.05) is 20.3 Å². The van der Waals surface area contributed by atoms with Crippen LogP contribution in [0, 0.1) is 11.8 Å². The van der Waals surface area contributed by atoms with Crippen molar-refractivity contribution in [1.29, 1.82) is 0 Å². The summed E-state index contributed by atoms with van der Waals surface area (Å²) in [7, 11) is 4.72. The monoisotopic (exact) mass is 417 g/mol. The predicted octanol–water partition coefficient (Wildman–Crippen LogP) is 2.89. The number of aromatic nitrogens is 2. The summed E-state index contributed by atoms with van der Waals surface area (Å²) in [6.45, 7) is 4.09. The van der Waals surface area contributed by atoms with Gasteiger partial charge in [0.25, 0.3) is 5.56 Å². The summed E-state index contributed by atoms with van der Waals surface area (Å²) in [6.07, 6.45) is 3.95. The van der Waals surface area contributed by atoms with Crippen molar-refractivity contribution >= 4 is 16.8 Å². The summed E-state index contributed by atoms with van der Waals surface area (Å²) in [5.74, 6) is 1.34. The molecule has 1 aliphatic rings. The van der Waals surface area contributed by atoms with Crippen LogP contribution in [0.15, 0.2) is 16.9 Å². The van der Waals surface area contributed by atoms with E-state index in [-0.39, 0.29) is 29.4 Å². The van der Waals surface area contributed by atoms with Crippen molar-refractivity contribution in [1.82, 2.24) is 9.66 Å². The molecule has 0 radical (unpaired) electrons. The highest BCUT2D eigenvalue weighted by molar-refractivity contribution is 5.87. The summed E-state index contributed by atoms with van der Waals surface area (Å²) < 4.78 is 17.4. The van der Waals surface area contributed by atoms with Crippen molar-refractivity contribution in [3.63, 3.8) is 0 Å². The van der Waals surface area contributed by atoms with Crippen LogP contribution in [0.25, 0.3) is 10.9 Å². The summed E-state index contributed by atoms with van der Waals surface area (Å²) in [5.41, 5.74) is 3.01. The number of hydrogen-bond donors (Lipinski definition) is 1. The third kappa shape index (κ3) is 4.59. The Labute approximate surface area is 176 Å². The molecular formula is C22H31N3O5. The van der Waals surface area contributed by atoms with Crippen molar-refractivity contribution in [2.75, 3.05) is 26.8 Å². The fraction of sp³-hybridized carbons (Fsp3) is 0.591. The van der Waals surface area contributed by atoms with E-state index < -0.39 is 0 Å². The number of ether oxygens (including phenoxy) is 3. The van der Waals surface area contributed by atoms with Gasteiger partial charge < -0.3 is 14.2 Å². The van der Waals surface area contributed by atoms with E-state index >= 15 is 0 Å². The molecule has 164 valence electrons. The van der Waals surface area contributed by atoms with Crippen LogP contribution >= 0.6 is 0 Å². The van der Waals surface area contributed by atoms with Crippen LogP contribution in [-0.4, -0.2) is 43.0 Å². The average Bonchev–Trinajstić information content (AvgIpc) is 2.75. The number of rotatable bonds is 7. The van der Waals surface area contributed by atoms with Gasteiger partial charge in [0, 0.05) is 25.5 Å². The van der Waals surface area contributed by atoms with Crippen molar-refractivity contribution < 1.29 is 19.0 Å². The highest BCUT2D eigenvalue weighted by Gasteiger charge is 2.28. The van der Waals surface area contributed by atoms with Crippen LogP contribution in [0.5, 0.6) is 11.5 Å². The van der Waals surface area contributed by atoms with Crippen LogP contribution in [0.4, 0.5) is 0 Å². The van der Waals surface area contributed by atoms with Gasteiger partial charge in [-0.15, -0.1) is 0 Å². The van der Waals surface area contributed by atoms with Gasteiger partial charge in [-0.2, -0.15) is 0 Å². The first-order chi connectivity index (χ1) is 14.4. The van der Waals surface area contributed by atoms with Gasteiger partial charge >= 0.3 is 0 Å². The number of hydrogen-bond acceptors (Lipinski definition) is 6. The molecule has 8 heteroatoms. The second kappa shape index (κ2) is 9.47. The normalized spacial score (nSPS) is 19.1. The van der Waals surface area contributed by atoms with E-state index in [1.807, 2.05) is 13.8 Å². The van der Waals surface area contributed by atoms with Gasteiger partial charge in [0.1, 0.15) is 5.82 Å². The maximum absolute atomic E-state index is 13.3. The Morgan fingerprint density at radius 2 is 1.90 bits per heavy atom. The predicted molar refractivity (Wildman–Crippen MR) is 115 cm³/mol. The van der Waals surface area contributed by atoms with Gasteiger partial charge in [0.15, 0.2) is 11.5 Å². The zero-order valence-corrected chi connectivity index (χ0v) is 18.4. The summed E-state index contributed by atoms with van der Waals surface area (Å²) >= 11 is 0. The largest absolute Gasteiger partial charge is 0.493 e. The molecule has 0 spiro atoms. The summed E-state index contributed by atoms with van der Waals surface area (Å²) in [6, 6.07) is 3.29. The zero-order valence-electron chi connectivity index (χ0n) is 18.4. The van der Waals surface area contributed by atoms with Gasteiger partial charge in [-0.25, -0.2) is 9.66 Å². The number of carbonyl (C=O) groups is 1.